The highest BCUT2D eigenvalue weighted by Crippen LogP contribution is 2.16. The molecule has 26 heavy (non-hydrogen) atoms. The van der Waals surface area contributed by atoms with Gasteiger partial charge in [0.15, 0.2) is 6.73 Å². The first-order valence-corrected chi connectivity index (χ1v) is 8.16. The first kappa shape index (κ1) is 16.0. The van der Waals surface area contributed by atoms with Gasteiger partial charge in [-0.05, 0) is 28.5 Å². The van der Waals surface area contributed by atoms with E-state index < -0.39 is 5.97 Å². The maximum Gasteiger partial charge on any atom is 0.312 e. The standard InChI is InChI=1S/C20H15N3O3/c24-19(12-14-9-10-15-5-1-2-6-16(15)11-14)26-13-23-20(25)17-7-3-4-8-18(17)21-22-23/h1-11H,12-13H2. The molecule has 4 rings (SSSR count). The normalized spacial score (nSPS) is 10.9. The van der Waals surface area contributed by atoms with E-state index in [2.05, 4.69) is 10.3 Å². The molecular weight excluding hydrogens is 330 g/mol. The van der Waals surface area contributed by atoms with Crippen LogP contribution in [-0.2, 0) is 22.7 Å². The van der Waals surface area contributed by atoms with E-state index in [0.717, 1.165) is 21.0 Å². The van der Waals surface area contributed by atoms with Crippen LogP contribution in [0.15, 0.2) is 71.5 Å². The Labute approximate surface area is 148 Å². The van der Waals surface area contributed by atoms with E-state index in [1.54, 1.807) is 24.3 Å². The van der Waals surface area contributed by atoms with Gasteiger partial charge in [0.25, 0.3) is 5.56 Å². The van der Waals surface area contributed by atoms with E-state index in [-0.39, 0.29) is 18.7 Å². The van der Waals surface area contributed by atoms with Gasteiger partial charge in [0.2, 0.25) is 0 Å². The number of benzene rings is 3. The van der Waals surface area contributed by atoms with Gasteiger partial charge in [-0.15, -0.1) is 5.10 Å². The first-order chi connectivity index (χ1) is 12.7. The highest BCUT2D eigenvalue weighted by molar-refractivity contribution is 5.84. The van der Waals surface area contributed by atoms with Crippen molar-refractivity contribution in [2.75, 3.05) is 0 Å². The lowest BCUT2D eigenvalue weighted by Crippen LogP contribution is -2.26. The smallest absolute Gasteiger partial charge is 0.312 e. The van der Waals surface area contributed by atoms with Gasteiger partial charge in [-0.25, -0.2) is 0 Å². The monoisotopic (exact) mass is 345 g/mol. The van der Waals surface area contributed by atoms with E-state index >= 15 is 0 Å². The lowest BCUT2D eigenvalue weighted by atomic mass is 10.1. The second kappa shape index (κ2) is 6.76. The molecule has 0 N–H and O–H groups in total. The largest absolute Gasteiger partial charge is 0.442 e. The molecule has 4 aromatic rings. The van der Waals surface area contributed by atoms with Crippen LogP contribution in [0.4, 0.5) is 0 Å². The highest BCUT2D eigenvalue weighted by Gasteiger charge is 2.09. The molecule has 0 fully saturated rings. The van der Waals surface area contributed by atoms with Gasteiger partial charge in [-0.3, -0.25) is 9.59 Å². The molecule has 0 spiro atoms. The predicted octanol–water partition coefficient (Wildman–Crippen LogP) is 2.69. The number of fused-ring (bicyclic) bond motifs is 2. The number of carbonyl (C=O) groups is 1. The SMILES string of the molecule is O=C(Cc1ccc2ccccc2c1)OCn1nnc2ccccc2c1=O. The molecule has 0 amide bonds. The van der Waals surface area contributed by atoms with Crippen molar-refractivity contribution < 1.29 is 9.53 Å². The van der Waals surface area contributed by atoms with Gasteiger partial charge < -0.3 is 4.74 Å². The minimum Gasteiger partial charge on any atom is -0.442 e. The second-order valence-electron chi connectivity index (χ2n) is 5.92. The molecule has 0 aliphatic rings. The summed E-state index contributed by atoms with van der Waals surface area (Å²) in [5.74, 6) is -0.429. The molecule has 1 heterocycles. The minimum absolute atomic E-state index is 0.126. The zero-order valence-corrected chi connectivity index (χ0v) is 13.8. The van der Waals surface area contributed by atoms with E-state index in [0.29, 0.717) is 10.9 Å². The molecule has 0 bridgehead atoms. The molecule has 128 valence electrons. The molecule has 0 aliphatic carbocycles. The molecule has 0 unspecified atom stereocenters. The first-order valence-electron chi connectivity index (χ1n) is 8.16. The fraction of sp³-hybridized carbons (Fsp3) is 0.100. The number of esters is 1. The average molecular weight is 345 g/mol. The summed E-state index contributed by atoms with van der Waals surface area (Å²) in [6.45, 7) is -0.261. The molecule has 0 radical (unpaired) electrons. The van der Waals surface area contributed by atoms with E-state index in [4.69, 9.17) is 4.74 Å². The number of rotatable bonds is 4. The summed E-state index contributed by atoms with van der Waals surface area (Å²) in [5.41, 5.74) is 1.02. The van der Waals surface area contributed by atoms with Crippen LogP contribution in [0.3, 0.4) is 0 Å². The maximum atomic E-state index is 12.3. The van der Waals surface area contributed by atoms with Crippen LogP contribution >= 0.6 is 0 Å². The van der Waals surface area contributed by atoms with Crippen LogP contribution in [0.25, 0.3) is 21.7 Å². The van der Waals surface area contributed by atoms with Gasteiger partial charge in [0, 0.05) is 0 Å². The highest BCUT2D eigenvalue weighted by atomic mass is 16.5. The van der Waals surface area contributed by atoms with Crippen molar-refractivity contribution in [1.29, 1.82) is 0 Å². The van der Waals surface area contributed by atoms with Crippen molar-refractivity contribution in [2.45, 2.75) is 13.2 Å². The lowest BCUT2D eigenvalue weighted by molar-refractivity contribution is -0.147. The van der Waals surface area contributed by atoms with Crippen LogP contribution in [0.1, 0.15) is 5.56 Å². The second-order valence-corrected chi connectivity index (χ2v) is 5.92. The van der Waals surface area contributed by atoms with Crippen LogP contribution in [0, 0.1) is 0 Å². The van der Waals surface area contributed by atoms with Crippen molar-refractivity contribution >= 4 is 27.6 Å². The molecule has 3 aromatic carbocycles. The van der Waals surface area contributed by atoms with E-state index in [1.165, 1.54) is 0 Å². The third-order valence-electron chi connectivity index (χ3n) is 4.14. The number of hydrogen-bond acceptors (Lipinski definition) is 5. The third kappa shape index (κ3) is 3.17. The van der Waals surface area contributed by atoms with E-state index in [9.17, 15) is 9.59 Å². The van der Waals surface area contributed by atoms with Crippen LogP contribution < -0.4 is 5.56 Å². The van der Waals surface area contributed by atoms with Crippen LogP contribution in [-0.4, -0.2) is 21.0 Å². The Hall–Kier alpha value is -3.54. The van der Waals surface area contributed by atoms with Crippen LogP contribution in [0.5, 0.6) is 0 Å². The molecule has 6 nitrogen and oxygen atoms in total. The fourth-order valence-electron chi connectivity index (χ4n) is 2.81. The van der Waals surface area contributed by atoms with Crippen molar-refractivity contribution in [3.8, 4) is 0 Å². The number of aromatic nitrogens is 3. The summed E-state index contributed by atoms with van der Waals surface area (Å²) < 4.78 is 6.24. The molecule has 0 saturated heterocycles. The van der Waals surface area contributed by atoms with Crippen molar-refractivity contribution in [2.24, 2.45) is 0 Å². The quantitative estimate of drug-likeness (QED) is 0.532. The number of carbonyl (C=O) groups excluding carboxylic acids is 1. The van der Waals surface area contributed by atoms with Gasteiger partial charge in [0.05, 0.1) is 11.8 Å². The molecule has 1 aromatic heterocycles. The lowest BCUT2D eigenvalue weighted by Gasteiger charge is -2.07. The molecule has 0 saturated carbocycles. The summed E-state index contributed by atoms with van der Waals surface area (Å²) in [7, 11) is 0. The molecule has 0 aliphatic heterocycles. The number of hydrogen-bond donors (Lipinski definition) is 0. The topological polar surface area (TPSA) is 74.1 Å². The van der Waals surface area contributed by atoms with Gasteiger partial charge in [-0.1, -0.05) is 59.8 Å². The predicted molar refractivity (Wildman–Crippen MR) is 97.5 cm³/mol. The van der Waals surface area contributed by atoms with Crippen molar-refractivity contribution in [1.82, 2.24) is 15.0 Å². The Morgan fingerprint density at radius 2 is 1.73 bits per heavy atom. The Morgan fingerprint density at radius 1 is 0.962 bits per heavy atom. The van der Waals surface area contributed by atoms with Gasteiger partial charge >= 0.3 is 5.97 Å². The number of nitrogens with zero attached hydrogens (tertiary/aromatic N) is 3. The summed E-state index contributed by atoms with van der Waals surface area (Å²) in [6, 6.07) is 20.7. The Morgan fingerprint density at radius 3 is 2.62 bits per heavy atom. The molecule has 0 atom stereocenters. The van der Waals surface area contributed by atoms with Crippen molar-refractivity contribution in [3.05, 3.63) is 82.6 Å². The third-order valence-corrected chi connectivity index (χ3v) is 4.14. The summed E-state index contributed by atoms with van der Waals surface area (Å²) >= 11 is 0. The Bertz CT molecular complexity index is 1170. The summed E-state index contributed by atoms with van der Waals surface area (Å²) in [4.78, 5) is 24.4. The molecular formula is C20H15N3O3. The average Bonchev–Trinajstić information content (AvgIpc) is 2.67. The molecule has 6 heteroatoms. The summed E-state index contributed by atoms with van der Waals surface area (Å²) in [5, 5.41) is 10.4. The Kier molecular flexibility index (Phi) is 4.15. The Balaban J connectivity index is 1.46. The zero-order valence-electron chi connectivity index (χ0n) is 13.8. The zero-order chi connectivity index (χ0) is 17.9. The summed E-state index contributed by atoms with van der Waals surface area (Å²) in [6.07, 6.45) is 0.126. The number of ether oxygens (including phenoxy) is 1. The fourth-order valence-corrected chi connectivity index (χ4v) is 2.81. The maximum absolute atomic E-state index is 12.3. The van der Waals surface area contributed by atoms with Gasteiger partial charge in [0.1, 0.15) is 5.52 Å². The minimum atomic E-state index is -0.429. The van der Waals surface area contributed by atoms with Gasteiger partial charge in [-0.2, -0.15) is 4.68 Å². The van der Waals surface area contributed by atoms with Crippen molar-refractivity contribution in [3.63, 3.8) is 0 Å². The van der Waals surface area contributed by atoms with E-state index in [1.807, 2.05) is 42.5 Å². The van der Waals surface area contributed by atoms with Crippen LogP contribution in [0.2, 0.25) is 0 Å².